The Morgan fingerprint density at radius 3 is 2.27 bits per heavy atom. The standard InChI is InChI=1S/C22H22ClNO2/c23-20-12-6-4-11-19(20)16-26-22-13-7-5-10-18(22)14-24-15-21(25)17-8-2-1-3-9-17/h1-13,21,24-25H,14-16H2. The van der Waals surface area contributed by atoms with E-state index in [-0.39, 0.29) is 0 Å². The molecule has 0 saturated carbocycles. The van der Waals surface area contributed by atoms with E-state index in [1.807, 2.05) is 78.9 Å². The number of rotatable bonds is 8. The summed E-state index contributed by atoms with van der Waals surface area (Å²) in [6.07, 6.45) is -0.535. The van der Waals surface area contributed by atoms with E-state index in [1.54, 1.807) is 0 Å². The molecule has 3 nitrogen and oxygen atoms in total. The number of aliphatic hydroxyl groups is 1. The minimum absolute atomic E-state index is 0.420. The van der Waals surface area contributed by atoms with Gasteiger partial charge in [-0.15, -0.1) is 0 Å². The lowest BCUT2D eigenvalue weighted by molar-refractivity contribution is 0.174. The number of para-hydroxylation sites is 1. The van der Waals surface area contributed by atoms with E-state index in [2.05, 4.69) is 5.32 Å². The monoisotopic (exact) mass is 367 g/mol. The zero-order chi connectivity index (χ0) is 18.2. The summed E-state index contributed by atoms with van der Waals surface area (Å²) in [4.78, 5) is 0. The summed E-state index contributed by atoms with van der Waals surface area (Å²) in [5, 5.41) is 14.2. The fraction of sp³-hybridized carbons (Fsp3) is 0.182. The third-order valence-corrected chi connectivity index (χ3v) is 4.52. The SMILES string of the molecule is OC(CNCc1ccccc1OCc1ccccc1Cl)c1ccccc1. The van der Waals surface area contributed by atoms with E-state index in [1.165, 1.54) is 0 Å². The van der Waals surface area contributed by atoms with Crippen molar-refractivity contribution in [3.8, 4) is 5.75 Å². The van der Waals surface area contributed by atoms with Gasteiger partial charge in [-0.2, -0.15) is 0 Å². The van der Waals surface area contributed by atoms with Crippen LogP contribution >= 0.6 is 11.6 Å². The number of ether oxygens (including phenoxy) is 1. The van der Waals surface area contributed by atoms with E-state index in [9.17, 15) is 5.11 Å². The van der Waals surface area contributed by atoms with Crippen molar-refractivity contribution >= 4 is 11.6 Å². The van der Waals surface area contributed by atoms with Crippen LogP contribution in [0.2, 0.25) is 5.02 Å². The molecule has 1 atom stereocenters. The van der Waals surface area contributed by atoms with Gasteiger partial charge in [0.05, 0.1) is 6.10 Å². The van der Waals surface area contributed by atoms with E-state index in [0.717, 1.165) is 22.4 Å². The number of hydrogen-bond acceptors (Lipinski definition) is 3. The molecule has 0 aliphatic carbocycles. The molecule has 0 aromatic heterocycles. The molecule has 1 unspecified atom stereocenters. The van der Waals surface area contributed by atoms with E-state index in [4.69, 9.17) is 16.3 Å². The van der Waals surface area contributed by atoms with Gasteiger partial charge in [-0.25, -0.2) is 0 Å². The van der Waals surface area contributed by atoms with E-state index < -0.39 is 6.10 Å². The molecule has 0 saturated heterocycles. The summed E-state index contributed by atoms with van der Waals surface area (Å²) in [5.74, 6) is 0.814. The highest BCUT2D eigenvalue weighted by Crippen LogP contribution is 2.22. The molecule has 26 heavy (non-hydrogen) atoms. The van der Waals surface area contributed by atoms with Gasteiger partial charge in [0.25, 0.3) is 0 Å². The molecule has 3 rings (SSSR count). The summed E-state index contributed by atoms with van der Waals surface area (Å²) in [5.41, 5.74) is 2.90. The predicted molar refractivity (Wildman–Crippen MR) is 105 cm³/mol. The maximum atomic E-state index is 10.2. The Hall–Kier alpha value is -2.33. The second-order valence-electron chi connectivity index (χ2n) is 6.05. The van der Waals surface area contributed by atoms with Crippen LogP contribution in [0.3, 0.4) is 0 Å². The Balaban J connectivity index is 1.56. The summed E-state index contributed by atoms with van der Waals surface area (Å²) in [7, 11) is 0. The third-order valence-electron chi connectivity index (χ3n) is 4.15. The number of hydrogen-bond donors (Lipinski definition) is 2. The number of halogens is 1. The maximum Gasteiger partial charge on any atom is 0.124 e. The van der Waals surface area contributed by atoms with Gasteiger partial charge < -0.3 is 15.2 Å². The number of nitrogens with one attached hydrogen (secondary N) is 1. The van der Waals surface area contributed by atoms with Gasteiger partial charge in [-0.1, -0.05) is 78.3 Å². The Bertz CT molecular complexity index is 823. The molecule has 0 aliphatic heterocycles. The van der Waals surface area contributed by atoms with Crippen molar-refractivity contribution in [3.05, 3.63) is 101 Å². The summed E-state index contributed by atoms with van der Waals surface area (Å²) < 4.78 is 5.96. The highest BCUT2D eigenvalue weighted by Gasteiger charge is 2.08. The zero-order valence-corrected chi connectivity index (χ0v) is 15.2. The summed E-state index contributed by atoms with van der Waals surface area (Å²) >= 11 is 6.19. The topological polar surface area (TPSA) is 41.5 Å². The number of benzene rings is 3. The van der Waals surface area contributed by atoms with E-state index >= 15 is 0 Å². The second-order valence-corrected chi connectivity index (χ2v) is 6.45. The molecule has 3 aromatic rings. The van der Waals surface area contributed by atoms with Gasteiger partial charge in [-0.05, 0) is 17.7 Å². The summed E-state index contributed by atoms with van der Waals surface area (Å²) in [6, 6.07) is 25.2. The van der Waals surface area contributed by atoms with Gasteiger partial charge in [0.1, 0.15) is 12.4 Å². The van der Waals surface area contributed by atoms with Crippen LogP contribution in [-0.2, 0) is 13.2 Å². The Kier molecular flexibility index (Phi) is 6.67. The Morgan fingerprint density at radius 1 is 0.846 bits per heavy atom. The first-order valence-electron chi connectivity index (χ1n) is 8.62. The van der Waals surface area contributed by atoms with Crippen LogP contribution in [-0.4, -0.2) is 11.7 Å². The minimum atomic E-state index is -0.535. The average molecular weight is 368 g/mol. The summed E-state index contributed by atoms with van der Waals surface area (Å²) in [6.45, 7) is 1.51. The lowest BCUT2D eigenvalue weighted by Crippen LogP contribution is -2.21. The van der Waals surface area contributed by atoms with Crippen LogP contribution in [0.4, 0.5) is 0 Å². The van der Waals surface area contributed by atoms with Gasteiger partial charge in [0.15, 0.2) is 0 Å². The van der Waals surface area contributed by atoms with Crippen molar-refractivity contribution in [1.82, 2.24) is 5.32 Å². The smallest absolute Gasteiger partial charge is 0.124 e. The normalized spacial score (nSPS) is 11.9. The Morgan fingerprint density at radius 2 is 1.50 bits per heavy atom. The van der Waals surface area contributed by atoms with Crippen LogP contribution in [0.1, 0.15) is 22.8 Å². The quantitative estimate of drug-likeness (QED) is 0.604. The van der Waals surface area contributed by atoms with Crippen LogP contribution in [0.5, 0.6) is 5.75 Å². The molecule has 0 spiro atoms. The fourth-order valence-electron chi connectivity index (χ4n) is 2.70. The Labute approximate surface area is 159 Å². The largest absolute Gasteiger partial charge is 0.489 e. The minimum Gasteiger partial charge on any atom is -0.489 e. The second kappa shape index (κ2) is 9.39. The van der Waals surface area contributed by atoms with Gasteiger partial charge in [-0.3, -0.25) is 0 Å². The molecule has 3 aromatic carbocycles. The molecular weight excluding hydrogens is 346 g/mol. The maximum absolute atomic E-state index is 10.2. The molecule has 0 fully saturated rings. The molecule has 0 aliphatic rings. The van der Waals surface area contributed by atoms with Crippen LogP contribution in [0.15, 0.2) is 78.9 Å². The molecule has 0 heterocycles. The van der Waals surface area contributed by atoms with Crippen molar-refractivity contribution < 1.29 is 9.84 Å². The van der Waals surface area contributed by atoms with Crippen molar-refractivity contribution in [3.63, 3.8) is 0 Å². The van der Waals surface area contributed by atoms with Crippen molar-refractivity contribution in [2.24, 2.45) is 0 Å². The van der Waals surface area contributed by atoms with Crippen molar-refractivity contribution in [1.29, 1.82) is 0 Å². The van der Waals surface area contributed by atoms with Crippen LogP contribution in [0, 0.1) is 0 Å². The average Bonchev–Trinajstić information content (AvgIpc) is 2.69. The van der Waals surface area contributed by atoms with Gasteiger partial charge in [0.2, 0.25) is 0 Å². The fourth-order valence-corrected chi connectivity index (χ4v) is 2.89. The zero-order valence-electron chi connectivity index (χ0n) is 14.4. The van der Waals surface area contributed by atoms with E-state index in [0.29, 0.717) is 24.7 Å². The molecular formula is C22H22ClNO2. The molecule has 0 bridgehead atoms. The molecule has 0 amide bonds. The third kappa shape index (κ3) is 5.09. The molecule has 4 heteroatoms. The predicted octanol–water partition coefficient (Wildman–Crippen LogP) is 4.74. The molecule has 134 valence electrons. The number of aliphatic hydroxyl groups excluding tert-OH is 1. The van der Waals surface area contributed by atoms with Gasteiger partial charge in [0, 0.05) is 29.2 Å². The first-order valence-corrected chi connectivity index (χ1v) is 8.99. The van der Waals surface area contributed by atoms with Crippen molar-refractivity contribution in [2.45, 2.75) is 19.3 Å². The highest BCUT2D eigenvalue weighted by atomic mass is 35.5. The first kappa shape index (κ1) is 18.5. The first-order chi connectivity index (χ1) is 12.7. The van der Waals surface area contributed by atoms with Gasteiger partial charge >= 0.3 is 0 Å². The van der Waals surface area contributed by atoms with Crippen LogP contribution < -0.4 is 10.1 Å². The molecule has 2 N–H and O–H groups in total. The van der Waals surface area contributed by atoms with Crippen LogP contribution in [0.25, 0.3) is 0 Å². The molecule has 0 radical (unpaired) electrons. The lowest BCUT2D eigenvalue weighted by atomic mass is 10.1. The van der Waals surface area contributed by atoms with Crippen molar-refractivity contribution in [2.75, 3.05) is 6.54 Å². The highest BCUT2D eigenvalue weighted by molar-refractivity contribution is 6.31. The lowest BCUT2D eigenvalue weighted by Gasteiger charge is -2.15.